The Balaban J connectivity index is 3.76. The van der Waals surface area contributed by atoms with Crippen LogP contribution in [-0.4, -0.2) is 36.0 Å². The summed E-state index contributed by atoms with van der Waals surface area (Å²) in [5, 5.41) is 0. The zero-order chi connectivity index (χ0) is 13.5. The zero-order valence-corrected chi connectivity index (χ0v) is 14.0. The van der Waals surface area contributed by atoms with E-state index >= 15 is 0 Å². The summed E-state index contributed by atoms with van der Waals surface area (Å²) in [5.74, 6) is 0. The van der Waals surface area contributed by atoms with Crippen LogP contribution in [0.1, 0.15) is 13.3 Å². The minimum atomic E-state index is -1.60. The van der Waals surface area contributed by atoms with Crippen LogP contribution in [0.15, 0.2) is 0 Å². The van der Waals surface area contributed by atoms with E-state index in [1.165, 1.54) is 0 Å². The van der Waals surface area contributed by atoms with E-state index < -0.39 is 22.8 Å². The van der Waals surface area contributed by atoms with Gasteiger partial charge in [0, 0.05) is 0 Å². The third kappa shape index (κ3) is 10.5. The number of rotatable bonds is 7. The van der Waals surface area contributed by atoms with E-state index in [4.69, 9.17) is 8.85 Å². The van der Waals surface area contributed by atoms with Gasteiger partial charge in [0.05, 0.1) is 13.2 Å². The van der Waals surface area contributed by atoms with E-state index in [-0.39, 0.29) is 0 Å². The van der Waals surface area contributed by atoms with E-state index in [1.807, 2.05) is 0 Å². The fourth-order valence-corrected chi connectivity index (χ4v) is 9.73. The molecule has 0 spiro atoms. The second-order valence-corrected chi connectivity index (χ2v) is 14.7. The highest BCUT2D eigenvalue weighted by Gasteiger charge is 2.29. The number of carbonyl (C=O) groups excluding carboxylic acids is 1. The normalized spacial score (nSPS) is 12.4. The maximum atomic E-state index is 10.9. The van der Waals surface area contributed by atoms with Crippen molar-refractivity contribution in [3.63, 3.8) is 0 Å². The molecule has 0 rings (SSSR count). The van der Waals surface area contributed by atoms with Gasteiger partial charge in [-0.05, 0) is 52.1 Å². The topological polar surface area (TPSA) is 44.8 Å². The molecule has 0 aliphatic carbocycles. The van der Waals surface area contributed by atoms with E-state index in [2.05, 4.69) is 37.5 Å². The van der Waals surface area contributed by atoms with Crippen LogP contribution in [0, 0.1) is 0 Å². The number of hydrogen-bond donors (Lipinski definition) is 0. The second kappa shape index (κ2) is 7.18. The summed E-state index contributed by atoms with van der Waals surface area (Å²) in [7, 11) is -3.06. The summed E-state index contributed by atoms with van der Waals surface area (Å²) in [6, 6.07) is 1.01. The molecule has 0 heterocycles. The maximum absolute atomic E-state index is 10.9. The fourth-order valence-electron chi connectivity index (χ4n) is 1.69. The molecular formula is C11H26O4Si2. The Hall–Kier alpha value is -0.336. The van der Waals surface area contributed by atoms with Crippen LogP contribution in [0.25, 0.3) is 0 Å². The molecule has 0 fully saturated rings. The van der Waals surface area contributed by atoms with Crippen LogP contribution in [-0.2, 0) is 13.6 Å². The summed E-state index contributed by atoms with van der Waals surface area (Å²) >= 11 is 0. The molecule has 17 heavy (non-hydrogen) atoms. The largest absolute Gasteiger partial charge is 0.508 e. The molecule has 0 aliphatic rings. The third-order valence-corrected chi connectivity index (χ3v) is 8.21. The van der Waals surface area contributed by atoms with E-state index in [9.17, 15) is 4.79 Å². The number of hydrogen-bond acceptors (Lipinski definition) is 4. The molecule has 0 unspecified atom stereocenters. The van der Waals surface area contributed by atoms with Gasteiger partial charge in [-0.2, -0.15) is 0 Å². The molecule has 6 heteroatoms. The van der Waals surface area contributed by atoms with Crippen molar-refractivity contribution in [3.05, 3.63) is 0 Å². The molecule has 0 aromatic rings. The molecule has 0 bridgehead atoms. The number of ether oxygens (including phenoxy) is 2. The van der Waals surface area contributed by atoms with E-state index in [0.717, 1.165) is 12.5 Å². The molecule has 0 aliphatic heterocycles. The Bertz CT molecular complexity index is 236. The smallest absolute Gasteiger partial charge is 0.456 e. The lowest BCUT2D eigenvalue weighted by atomic mass is 10.5. The minimum absolute atomic E-state index is 0.359. The Labute approximate surface area is 107 Å². The van der Waals surface area contributed by atoms with Gasteiger partial charge in [-0.15, -0.1) is 0 Å². The fraction of sp³-hybridized carbons (Fsp3) is 0.909. The molecule has 0 atom stereocenters. The lowest BCUT2D eigenvalue weighted by molar-refractivity contribution is 0.0590. The van der Waals surface area contributed by atoms with Crippen molar-refractivity contribution in [1.29, 1.82) is 0 Å². The molecule has 4 nitrogen and oxygen atoms in total. The van der Waals surface area contributed by atoms with Gasteiger partial charge in [0.2, 0.25) is 0 Å². The highest BCUT2D eigenvalue weighted by Crippen LogP contribution is 2.19. The van der Waals surface area contributed by atoms with Gasteiger partial charge < -0.3 is 13.6 Å². The molecule has 0 amide bonds. The van der Waals surface area contributed by atoms with Crippen LogP contribution in [0.2, 0.25) is 38.8 Å². The maximum Gasteiger partial charge on any atom is 0.508 e. The molecule has 0 N–H and O–H groups in total. The Morgan fingerprint density at radius 3 is 2.12 bits per heavy atom. The van der Waals surface area contributed by atoms with Crippen LogP contribution in [0.3, 0.4) is 0 Å². The summed E-state index contributed by atoms with van der Waals surface area (Å²) in [4.78, 5) is 10.9. The molecular weight excluding hydrogens is 252 g/mol. The predicted octanol–water partition coefficient (Wildman–Crippen LogP) is 3.61. The highest BCUT2D eigenvalue weighted by molar-refractivity contribution is 6.84. The number of carbonyl (C=O) groups is 1. The van der Waals surface area contributed by atoms with Crippen molar-refractivity contribution >= 4 is 22.8 Å². The van der Waals surface area contributed by atoms with E-state index in [1.54, 1.807) is 6.92 Å². The molecule has 0 aromatic carbocycles. The average molecular weight is 278 g/mol. The van der Waals surface area contributed by atoms with Crippen molar-refractivity contribution < 1.29 is 18.4 Å². The first-order chi connectivity index (χ1) is 7.66. The van der Waals surface area contributed by atoms with Crippen LogP contribution < -0.4 is 0 Å². The quantitative estimate of drug-likeness (QED) is 0.405. The summed E-state index contributed by atoms with van der Waals surface area (Å²) in [6.07, 6.45) is 0.279. The lowest BCUT2D eigenvalue weighted by Gasteiger charge is -2.31. The van der Waals surface area contributed by atoms with Gasteiger partial charge in [0.25, 0.3) is 0 Å². The van der Waals surface area contributed by atoms with Gasteiger partial charge in [-0.3, -0.25) is 0 Å². The highest BCUT2D eigenvalue weighted by atomic mass is 28.4. The van der Waals surface area contributed by atoms with Crippen molar-refractivity contribution in [2.24, 2.45) is 0 Å². The summed E-state index contributed by atoms with van der Waals surface area (Å²) < 4.78 is 15.8. The molecule has 0 aromatic heterocycles. The molecule has 0 saturated heterocycles. The predicted molar refractivity (Wildman–Crippen MR) is 74.3 cm³/mol. The Kier molecular flexibility index (Phi) is 7.03. The first-order valence-electron chi connectivity index (χ1n) is 6.16. The van der Waals surface area contributed by atoms with Gasteiger partial charge in [0.15, 0.2) is 16.6 Å². The Morgan fingerprint density at radius 2 is 1.65 bits per heavy atom. The van der Waals surface area contributed by atoms with E-state index in [0.29, 0.717) is 13.2 Å². The van der Waals surface area contributed by atoms with Gasteiger partial charge in [0.1, 0.15) is 0 Å². The first kappa shape index (κ1) is 16.7. The van der Waals surface area contributed by atoms with Crippen molar-refractivity contribution in [2.45, 2.75) is 52.1 Å². The standard InChI is InChI=1S/C11H26O4Si2/c1-7-13-11(12)14-9-8-10-17(5,6)15-16(2,3)4/h7-10H2,1-6H3. The summed E-state index contributed by atoms with van der Waals surface area (Å²) in [6.45, 7) is 13.6. The average Bonchev–Trinajstić information content (AvgIpc) is 2.09. The lowest BCUT2D eigenvalue weighted by Crippen LogP contribution is -2.42. The first-order valence-corrected chi connectivity index (χ1v) is 12.7. The minimum Gasteiger partial charge on any atom is -0.456 e. The van der Waals surface area contributed by atoms with Gasteiger partial charge >= 0.3 is 6.16 Å². The molecule has 0 radical (unpaired) electrons. The zero-order valence-electron chi connectivity index (χ0n) is 12.0. The molecule has 102 valence electrons. The van der Waals surface area contributed by atoms with Crippen LogP contribution >= 0.6 is 0 Å². The van der Waals surface area contributed by atoms with Crippen molar-refractivity contribution in [2.75, 3.05) is 13.2 Å². The monoisotopic (exact) mass is 278 g/mol. The second-order valence-electron chi connectivity index (χ2n) is 5.61. The third-order valence-electron chi connectivity index (χ3n) is 1.99. The van der Waals surface area contributed by atoms with Crippen LogP contribution in [0.5, 0.6) is 0 Å². The Morgan fingerprint density at radius 1 is 1.06 bits per heavy atom. The van der Waals surface area contributed by atoms with Crippen molar-refractivity contribution in [3.8, 4) is 0 Å². The SMILES string of the molecule is CCOC(=O)OCCC[Si](C)(C)O[Si](C)(C)C. The van der Waals surface area contributed by atoms with Gasteiger partial charge in [-0.1, -0.05) is 0 Å². The van der Waals surface area contributed by atoms with Crippen LogP contribution in [0.4, 0.5) is 4.79 Å². The summed E-state index contributed by atoms with van der Waals surface area (Å²) in [5.41, 5.74) is 0. The van der Waals surface area contributed by atoms with Crippen molar-refractivity contribution in [1.82, 2.24) is 0 Å². The molecule has 0 saturated carbocycles. The van der Waals surface area contributed by atoms with Gasteiger partial charge in [-0.25, -0.2) is 4.79 Å².